The summed E-state index contributed by atoms with van der Waals surface area (Å²) in [7, 11) is 0. The third-order valence-corrected chi connectivity index (χ3v) is 5.38. The Balaban J connectivity index is 1.68. The monoisotopic (exact) mass is 259 g/mol. The first kappa shape index (κ1) is 13.0. The molecule has 0 spiro atoms. The molecular formula is C17H25NO. The molecule has 2 nitrogen and oxygen atoms in total. The molecule has 1 fully saturated rings. The summed E-state index contributed by atoms with van der Waals surface area (Å²) < 4.78 is 0. The van der Waals surface area contributed by atoms with E-state index in [1.165, 1.54) is 37.7 Å². The first-order valence-electron chi connectivity index (χ1n) is 7.78. The van der Waals surface area contributed by atoms with Crippen LogP contribution >= 0.6 is 0 Å². The molecule has 1 aromatic rings. The van der Waals surface area contributed by atoms with E-state index in [9.17, 15) is 5.11 Å². The molecule has 0 radical (unpaired) electrons. The fraction of sp³-hybridized carbons (Fsp3) is 0.647. The number of benzene rings is 1. The highest BCUT2D eigenvalue weighted by Crippen LogP contribution is 2.42. The highest BCUT2D eigenvalue weighted by atomic mass is 16.3. The zero-order chi connectivity index (χ0) is 13.3. The van der Waals surface area contributed by atoms with E-state index in [1.54, 1.807) is 0 Å². The molecular weight excluding hydrogens is 234 g/mol. The Morgan fingerprint density at radius 1 is 1.32 bits per heavy atom. The smallest absolute Gasteiger partial charge is 0.119 e. The molecule has 2 heteroatoms. The second-order valence-electron chi connectivity index (χ2n) is 6.38. The number of phenols is 1. The molecule has 2 N–H and O–H groups in total. The van der Waals surface area contributed by atoms with Crippen molar-refractivity contribution in [1.82, 2.24) is 5.32 Å². The number of hydrogen-bond donors (Lipinski definition) is 2. The van der Waals surface area contributed by atoms with Crippen LogP contribution in [0, 0.1) is 5.41 Å². The maximum absolute atomic E-state index is 9.90. The number of fused-ring (bicyclic) bond motifs is 1. The molecule has 19 heavy (non-hydrogen) atoms. The zero-order valence-electron chi connectivity index (χ0n) is 11.9. The van der Waals surface area contributed by atoms with Crippen molar-refractivity contribution in [1.29, 1.82) is 0 Å². The predicted molar refractivity (Wildman–Crippen MR) is 78.4 cm³/mol. The first-order chi connectivity index (χ1) is 9.24. The van der Waals surface area contributed by atoms with Gasteiger partial charge in [0.15, 0.2) is 0 Å². The Kier molecular flexibility index (Phi) is 3.53. The summed E-state index contributed by atoms with van der Waals surface area (Å²) in [5, 5.41) is 13.7. The summed E-state index contributed by atoms with van der Waals surface area (Å²) in [6.07, 6.45) is 9.01. The summed E-state index contributed by atoms with van der Waals surface area (Å²) in [4.78, 5) is 0. The van der Waals surface area contributed by atoms with Crippen LogP contribution < -0.4 is 5.32 Å². The van der Waals surface area contributed by atoms with Gasteiger partial charge in [0.05, 0.1) is 0 Å². The van der Waals surface area contributed by atoms with Gasteiger partial charge in [-0.05, 0) is 54.7 Å². The van der Waals surface area contributed by atoms with Gasteiger partial charge in [-0.15, -0.1) is 0 Å². The van der Waals surface area contributed by atoms with Crippen LogP contribution in [0.15, 0.2) is 18.2 Å². The molecule has 0 aliphatic heterocycles. The molecule has 1 saturated carbocycles. The van der Waals surface area contributed by atoms with Crippen LogP contribution in [0.5, 0.6) is 5.75 Å². The number of hydrogen-bond acceptors (Lipinski definition) is 2. The number of phenolic OH excluding ortho intramolecular Hbond substituents is 1. The van der Waals surface area contributed by atoms with Crippen LogP contribution in [0.2, 0.25) is 0 Å². The minimum Gasteiger partial charge on any atom is -0.508 e. The predicted octanol–water partition coefficient (Wildman–Crippen LogP) is 3.94. The van der Waals surface area contributed by atoms with Crippen LogP contribution in [0.1, 0.15) is 62.6 Å². The van der Waals surface area contributed by atoms with Crippen molar-refractivity contribution in [3.63, 3.8) is 0 Å². The molecule has 1 unspecified atom stereocenters. The van der Waals surface area contributed by atoms with Crippen molar-refractivity contribution in [2.45, 2.75) is 57.9 Å². The van der Waals surface area contributed by atoms with Crippen LogP contribution in [-0.2, 0) is 6.42 Å². The maximum atomic E-state index is 9.90. The van der Waals surface area contributed by atoms with E-state index in [1.807, 2.05) is 12.1 Å². The quantitative estimate of drug-likeness (QED) is 0.858. The average Bonchev–Trinajstić information content (AvgIpc) is 3.04. The first-order valence-corrected chi connectivity index (χ1v) is 7.78. The number of rotatable bonds is 4. The molecule has 0 amide bonds. The Morgan fingerprint density at radius 3 is 2.84 bits per heavy atom. The van der Waals surface area contributed by atoms with Gasteiger partial charge in [0.2, 0.25) is 0 Å². The summed E-state index contributed by atoms with van der Waals surface area (Å²) in [6.45, 7) is 3.48. The van der Waals surface area contributed by atoms with Crippen molar-refractivity contribution >= 4 is 0 Å². The summed E-state index contributed by atoms with van der Waals surface area (Å²) in [5.41, 5.74) is 3.03. The lowest BCUT2D eigenvalue weighted by Gasteiger charge is -2.30. The molecule has 0 heterocycles. The van der Waals surface area contributed by atoms with Crippen LogP contribution in [-0.4, -0.2) is 11.7 Å². The molecule has 0 aromatic heterocycles. The SMILES string of the molecule is CCC1(CNC2CCc3c(O)cccc32)CCCC1. The molecule has 1 aromatic carbocycles. The Morgan fingerprint density at radius 2 is 2.11 bits per heavy atom. The van der Waals surface area contributed by atoms with Crippen molar-refractivity contribution in [2.24, 2.45) is 5.41 Å². The Bertz CT molecular complexity index is 449. The fourth-order valence-corrected chi connectivity index (χ4v) is 3.97. The van der Waals surface area contributed by atoms with Crippen molar-refractivity contribution < 1.29 is 5.11 Å². The van der Waals surface area contributed by atoms with Gasteiger partial charge in [0.25, 0.3) is 0 Å². The molecule has 0 bridgehead atoms. The van der Waals surface area contributed by atoms with Crippen LogP contribution in [0.4, 0.5) is 0 Å². The van der Waals surface area contributed by atoms with E-state index in [-0.39, 0.29) is 0 Å². The van der Waals surface area contributed by atoms with Gasteiger partial charge in [-0.25, -0.2) is 0 Å². The van der Waals surface area contributed by atoms with E-state index in [2.05, 4.69) is 18.3 Å². The molecule has 2 aliphatic rings. The largest absolute Gasteiger partial charge is 0.508 e. The van der Waals surface area contributed by atoms with E-state index in [0.29, 0.717) is 17.2 Å². The van der Waals surface area contributed by atoms with Gasteiger partial charge < -0.3 is 10.4 Å². The lowest BCUT2D eigenvalue weighted by Crippen LogP contribution is -2.33. The van der Waals surface area contributed by atoms with Gasteiger partial charge in [0.1, 0.15) is 5.75 Å². The third kappa shape index (κ3) is 2.38. The average molecular weight is 259 g/mol. The highest BCUT2D eigenvalue weighted by Gasteiger charge is 2.33. The van der Waals surface area contributed by atoms with E-state index in [4.69, 9.17) is 0 Å². The van der Waals surface area contributed by atoms with Gasteiger partial charge in [-0.3, -0.25) is 0 Å². The standard InChI is InChI=1S/C17H25NO/c1-2-17(10-3-4-11-17)12-18-15-9-8-14-13(15)6-5-7-16(14)19/h5-7,15,18-19H,2-4,8-12H2,1H3. The summed E-state index contributed by atoms with van der Waals surface area (Å²) in [5.74, 6) is 0.480. The molecule has 2 aliphatic carbocycles. The molecule has 1 atom stereocenters. The normalized spacial score (nSPS) is 24.6. The van der Waals surface area contributed by atoms with Gasteiger partial charge in [-0.2, -0.15) is 0 Å². The van der Waals surface area contributed by atoms with Crippen LogP contribution in [0.3, 0.4) is 0 Å². The maximum Gasteiger partial charge on any atom is 0.119 e. The Hall–Kier alpha value is -1.02. The minimum absolute atomic E-state index is 0.450. The number of nitrogens with one attached hydrogen (secondary N) is 1. The molecule has 3 rings (SSSR count). The van der Waals surface area contributed by atoms with Gasteiger partial charge >= 0.3 is 0 Å². The second kappa shape index (κ2) is 5.16. The zero-order valence-corrected chi connectivity index (χ0v) is 11.9. The highest BCUT2D eigenvalue weighted by molar-refractivity contribution is 5.44. The van der Waals surface area contributed by atoms with Crippen molar-refractivity contribution in [3.05, 3.63) is 29.3 Å². The van der Waals surface area contributed by atoms with E-state index < -0.39 is 0 Å². The van der Waals surface area contributed by atoms with Gasteiger partial charge in [0, 0.05) is 12.6 Å². The fourth-order valence-electron chi connectivity index (χ4n) is 3.97. The minimum atomic E-state index is 0.450. The van der Waals surface area contributed by atoms with Crippen molar-refractivity contribution in [3.8, 4) is 5.75 Å². The number of aromatic hydroxyl groups is 1. The topological polar surface area (TPSA) is 32.3 Å². The Labute approximate surface area is 116 Å². The van der Waals surface area contributed by atoms with Gasteiger partial charge in [-0.1, -0.05) is 31.9 Å². The molecule has 0 saturated heterocycles. The molecule has 104 valence electrons. The summed E-state index contributed by atoms with van der Waals surface area (Å²) in [6, 6.07) is 6.41. The summed E-state index contributed by atoms with van der Waals surface area (Å²) >= 11 is 0. The van der Waals surface area contributed by atoms with Crippen LogP contribution in [0.25, 0.3) is 0 Å². The lowest BCUT2D eigenvalue weighted by molar-refractivity contribution is 0.255. The second-order valence-corrected chi connectivity index (χ2v) is 6.38. The third-order valence-electron chi connectivity index (χ3n) is 5.38. The van der Waals surface area contributed by atoms with E-state index >= 15 is 0 Å². The van der Waals surface area contributed by atoms with E-state index in [0.717, 1.165) is 24.9 Å². The van der Waals surface area contributed by atoms with Crippen molar-refractivity contribution in [2.75, 3.05) is 6.54 Å². The lowest BCUT2D eigenvalue weighted by atomic mass is 9.83.